The molecule has 0 aliphatic rings. The molecule has 6 nitrogen and oxygen atoms in total. The highest BCUT2D eigenvalue weighted by Crippen LogP contribution is 2.13. The number of halogens is 2. The second kappa shape index (κ2) is 7.10. The number of fused-ring (bicyclic) bond motifs is 1. The van der Waals surface area contributed by atoms with Crippen LogP contribution in [0.5, 0.6) is 0 Å². The molecule has 8 heteroatoms. The summed E-state index contributed by atoms with van der Waals surface area (Å²) in [5.74, 6) is -0.126. The summed E-state index contributed by atoms with van der Waals surface area (Å²) in [4.78, 5) is 26.2. The highest BCUT2D eigenvalue weighted by Gasteiger charge is 2.12. The number of H-pyrrole nitrogens is 2. The van der Waals surface area contributed by atoms with Crippen LogP contribution in [0.4, 0.5) is 0 Å². The Morgan fingerprint density at radius 3 is 2.76 bits per heavy atom. The summed E-state index contributed by atoms with van der Waals surface area (Å²) < 4.78 is 0. The average Bonchev–Trinajstić information content (AvgIpc) is 3.09. The Bertz CT molecular complexity index is 710. The van der Waals surface area contributed by atoms with Crippen molar-refractivity contribution < 1.29 is 4.79 Å². The Kier molecular flexibility index (Phi) is 5.75. The highest BCUT2D eigenvalue weighted by molar-refractivity contribution is 5.97. The Labute approximate surface area is 133 Å². The molecule has 0 aliphatic heterocycles. The van der Waals surface area contributed by atoms with E-state index in [0.29, 0.717) is 5.56 Å². The molecule has 2 heterocycles. The minimum Gasteiger partial charge on any atom is -0.347 e. The summed E-state index contributed by atoms with van der Waals surface area (Å²) in [7, 11) is 0. The molecule has 2 aromatic heterocycles. The summed E-state index contributed by atoms with van der Waals surface area (Å²) in [6.07, 6.45) is 4.90. The van der Waals surface area contributed by atoms with E-state index in [2.05, 4.69) is 25.3 Å². The maximum atomic E-state index is 12.1. The molecule has 0 aliphatic carbocycles. The molecular weight excluding hydrogens is 313 g/mol. The van der Waals surface area contributed by atoms with E-state index in [1.165, 1.54) is 0 Å². The van der Waals surface area contributed by atoms with Crippen molar-refractivity contribution in [2.75, 3.05) is 0 Å². The number of hydrogen-bond donors (Lipinski definition) is 3. The van der Waals surface area contributed by atoms with E-state index < -0.39 is 0 Å². The zero-order valence-electron chi connectivity index (χ0n) is 11.2. The van der Waals surface area contributed by atoms with Crippen LogP contribution in [0.2, 0.25) is 0 Å². The van der Waals surface area contributed by atoms with Gasteiger partial charge in [0.2, 0.25) is 0 Å². The van der Waals surface area contributed by atoms with Gasteiger partial charge in [-0.2, -0.15) is 0 Å². The van der Waals surface area contributed by atoms with Crippen molar-refractivity contribution >= 4 is 41.8 Å². The monoisotopic (exact) mass is 327 g/mol. The zero-order valence-corrected chi connectivity index (χ0v) is 12.8. The average molecular weight is 328 g/mol. The lowest BCUT2D eigenvalue weighted by atomic mass is 10.1. The molecule has 0 saturated heterocycles. The van der Waals surface area contributed by atoms with Gasteiger partial charge in [0.1, 0.15) is 0 Å². The number of nitrogens with zero attached hydrogens (tertiary/aromatic N) is 2. The number of imidazole rings is 2. The molecule has 21 heavy (non-hydrogen) atoms. The van der Waals surface area contributed by atoms with Crippen LogP contribution >= 0.6 is 24.8 Å². The number of nitrogens with one attached hydrogen (secondary N) is 3. The Morgan fingerprint density at radius 2 is 2.05 bits per heavy atom. The van der Waals surface area contributed by atoms with Gasteiger partial charge in [-0.1, -0.05) is 0 Å². The van der Waals surface area contributed by atoms with Gasteiger partial charge in [-0.15, -0.1) is 24.8 Å². The van der Waals surface area contributed by atoms with Crippen molar-refractivity contribution in [3.63, 3.8) is 0 Å². The van der Waals surface area contributed by atoms with Crippen LogP contribution in [0.3, 0.4) is 0 Å². The second-order valence-corrected chi connectivity index (χ2v) is 4.34. The van der Waals surface area contributed by atoms with E-state index in [1.807, 2.05) is 13.0 Å². The fraction of sp³-hybridized carbons (Fsp3) is 0.154. The standard InChI is InChI=1S/C13H13N5O.2ClH/c1-8(12-5-14-6-15-12)18-13(19)9-2-3-10-11(4-9)17-7-16-10;;/h2-8H,1H3,(H,14,15)(H,16,17)(H,18,19);2*1H. The first-order chi connectivity index (χ1) is 9.24. The van der Waals surface area contributed by atoms with Crippen molar-refractivity contribution in [2.45, 2.75) is 13.0 Å². The summed E-state index contributed by atoms with van der Waals surface area (Å²) in [5, 5.41) is 2.91. The number of carbonyl (C=O) groups is 1. The maximum Gasteiger partial charge on any atom is 0.251 e. The van der Waals surface area contributed by atoms with Crippen LogP contribution < -0.4 is 5.32 Å². The summed E-state index contributed by atoms with van der Waals surface area (Å²) in [6.45, 7) is 1.90. The normalized spacial score (nSPS) is 11.3. The van der Waals surface area contributed by atoms with Gasteiger partial charge in [0.15, 0.2) is 0 Å². The van der Waals surface area contributed by atoms with E-state index in [4.69, 9.17) is 0 Å². The van der Waals surface area contributed by atoms with Crippen LogP contribution in [-0.4, -0.2) is 25.8 Å². The first-order valence-electron chi connectivity index (χ1n) is 5.96. The van der Waals surface area contributed by atoms with Crippen LogP contribution in [0.25, 0.3) is 11.0 Å². The summed E-state index contributed by atoms with van der Waals surface area (Å²) in [5.41, 5.74) is 3.17. The van der Waals surface area contributed by atoms with Gasteiger partial charge in [0, 0.05) is 5.56 Å². The SMILES string of the molecule is CC(NC(=O)c1ccc2nc[nH]c2c1)c1cnc[nH]1.Cl.Cl. The quantitative estimate of drug-likeness (QED) is 0.691. The van der Waals surface area contributed by atoms with Crippen LogP contribution in [0.1, 0.15) is 29.0 Å². The predicted octanol–water partition coefficient (Wildman–Crippen LogP) is 2.62. The number of carbonyl (C=O) groups excluding carboxylic acids is 1. The molecule has 3 rings (SSSR count). The molecule has 0 spiro atoms. The lowest BCUT2D eigenvalue weighted by molar-refractivity contribution is 0.0939. The lowest BCUT2D eigenvalue weighted by Gasteiger charge is -2.11. The summed E-state index contributed by atoms with van der Waals surface area (Å²) >= 11 is 0. The van der Waals surface area contributed by atoms with Gasteiger partial charge >= 0.3 is 0 Å². The molecule has 3 N–H and O–H groups in total. The third kappa shape index (κ3) is 3.53. The lowest BCUT2D eigenvalue weighted by Crippen LogP contribution is -2.26. The molecule has 0 saturated carbocycles. The molecule has 112 valence electrons. The fourth-order valence-electron chi connectivity index (χ4n) is 1.94. The molecule has 0 bridgehead atoms. The van der Waals surface area contributed by atoms with Gasteiger partial charge in [-0.25, -0.2) is 9.97 Å². The van der Waals surface area contributed by atoms with Crippen molar-refractivity contribution in [3.8, 4) is 0 Å². The van der Waals surface area contributed by atoms with Crippen LogP contribution in [-0.2, 0) is 0 Å². The van der Waals surface area contributed by atoms with E-state index in [0.717, 1.165) is 16.7 Å². The topological polar surface area (TPSA) is 86.5 Å². The minimum atomic E-state index is -0.126. The number of hydrogen-bond acceptors (Lipinski definition) is 3. The van der Waals surface area contributed by atoms with Crippen LogP contribution in [0.15, 0.2) is 37.1 Å². The number of aromatic nitrogens is 4. The van der Waals surface area contributed by atoms with Gasteiger partial charge in [0.05, 0.1) is 41.6 Å². The van der Waals surface area contributed by atoms with E-state index in [1.54, 1.807) is 31.0 Å². The first-order valence-corrected chi connectivity index (χ1v) is 5.96. The molecular formula is C13H15Cl2N5O. The highest BCUT2D eigenvalue weighted by atomic mass is 35.5. The second-order valence-electron chi connectivity index (χ2n) is 4.34. The van der Waals surface area contributed by atoms with Gasteiger partial charge < -0.3 is 15.3 Å². The molecule has 0 fully saturated rings. The third-order valence-corrected chi connectivity index (χ3v) is 3.02. The number of rotatable bonds is 3. The van der Waals surface area contributed by atoms with E-state index in [-0.39, 0.29) is 36.8 Å². The largest absolute Gasteiger partial charge is 0.347 e. The number of aromatic amines is 2. The molecule has 3 aromatic rings. The smallest absolute Gasteiger partial charge is 0.251 e. The molecule has 1 amide bonds. The van der Waals surface area contributed by atoms with Crippen molar-refractivity contribution in [3.05, 3.63) is 48.3 Å². The molecule has 0 radical (unpaired) electrons. The predicted molar refractivity (Wildman–Crippen MR) is 85.1 cm³/mol. The van der Waals surface area contributed by atoms with Crippen molar-refractivity contribution in [2.24, 2.45) is 0 Å². The number of benzene rings is 1. The Balaban J connectivity index is 0.00000110. The van der Waals surface area contributed by atoms with Crippen LogP contribution in [0, 0.1) is 0 Å². The van der Waals surface area contributed by atoms with Gasteiger partial charge in [0.25, 0.3) is 5.91 Å². The molecule has 1 aromatic carbocycles. The minimum absolute atomic E-state index is 0. The molecule has 1 unspecified atom stereocenters. The zero-order chi connectivity index (χ0) is 13.2. The van der Waals surface area contributed by atoms with E-state index in [9.17, 15) is 4.79 Å². The Morgan fingerprint density at radius 1 is 1.24 bits per heavy atom. The van der Waals surface area contributed by atoms with E-state index >= 15 is 0 Å². The molecule has 1 atom stereocenters. The summed E-state index contributed by atoms with van der Waals surface area (Å²) in [6, 6.07) is 5.25. The maximum absolute atomic E-state index is 12.1. The Hall–Kier alpha value is -2.05. The van der Waals surface area contributed by atoms with Crippen molar-refractivity contribution in [1.29, 1.82) is 0 Å². The van der Waals surface area contributed by atoms with Gasteiger partial charge in [-0.3, -0.25) is 4.79 Å². The number of amides is 1. The van der Waals surface area contributed by atoms with Crippen molar-refractivity contribution in [1.82, 2.24) is 25.3 Å². The fourth-order valence-corrected chi connectivity index (χ4v) is 1.94. The third-order valence-electron chi connectivity index (χ3n) is 3.02. The first kappa shape index (κ1) is 17.0. The van der Waals surface area contributed by atoms with Gasteiger partial charge in [-0.05, 0) is 25.1 Å².